The summed E-state index contributed by atoms with van der Waals surface area (Å²) in [6.07, 6.45) is 8.82. The first-order valence-corrected chi connectivity index (χ1v) is 10.0. The number of hydrogen-bond acceptors (Lipinski definition) is 5. The van der Waals surface area contributed by atoms with Crippen LogP contribution < -0.4 is 5.32 Å². The van der Waals surface area contributed by atoms with Crippen LogP contribution in [0.15, 0.2) is 43.0 Å². The zero-order chi connectivity index (χ0) is 20.2. The lowest BCUT2D eigenvalue weighted by atomic mass is 9.84. The quantitative estimate of drug-likeness (QED) is 0.742. The zero-order valence-electron chi connectivity index (χ0n) is 16.8. The van der Waals surface area contributed by atoms with Crippen LogP contribution in [0.4, 0.5) is 0 Å². The van der Waals surface area contributed by atoms with Gasteiger partial charge in [-0.1, -0.05) is 26.8 Å². The minimum Gasteiger partial charge on any atom is -0.342 e. The minimum absolute atomic E-state index is 0.157. The minimum atomic E-state index is -0.218. The van der Waals surface area contributed by atoms with E-state index in [0.29, 0.717) is 23.3 Å². The average molecular weight is 388 g/mol. The van der Waals surface area contributed by atoms with Gasteiger partial charge < -0.3 is 5.32 Å². The Morgan fingerprint density at radius 2 is 2.07 bits per heavy atom. The molecule has 0 radical (unpaired) electrons. The van der Waals surface area contributed by atoms with E-state index in [1.54, 1.807) is 24.8 Å². The van der Waals surface area contributed by atoms with E-state index >= 15 is 0 Å². The Labute approximate surface area is 169 Å². The van der Waals surface area contributed by atoms with Gasteiger partial charge in [0.25, 0.3) is 5.91 Å². The highest BCUT2D eigenvalue weighted by molar-refractivity contribution is 5.94. The summed E-state index contributed by atoms with van der Waals surface area (Å²) in [4.78, 5) is 26.4. The van der Waals surface area contributed by atoms with Crippen LogP contribution in [0.2, 0.25) is 0 Å². The van der Waals surface area contributed by atoms with Crippen molar-refractivity contribution in [3.05, 3.63) is 65.6 Å². The Balaban J connectivity index is 1.51. The van der Waals surface area contributed by atoms with E-state index in [2.05, 4.69) is 46.1 Å². The highest BCUT2D eigenvalue weighted by Gasteiger charge is 2.50. The molecular weight excluding hydrogens is 364 g/mol. The van der Waals surface area contributed by atoms with E-state index in [1.165, 1.54) is 6.42 Å². The van der Waals surface area contributed by atoms with Crippen molar-refractivity contribution in [2.24, 2.45) is 11.3 Å². The lowest BCUT2D eigenvalue weighted by molar-refractivity contribution is 0.0893. The van der Waals surface area contributed by atoms with Gasteiger partial charge in [-0.3, -0.25) is 14.8 Å². The largest absolute Gasteiger partial charge is 0.342 e. The van der Waals surface area contributed by atoms with Crippen LogP contribution in [0.3, 0.4) is 0 Å². The molecule has 1 amide bonds. The molecule has 0 spiro atoms. The molecule has 1 N–H and O–H groups in total. The van der Waals surface area contributed by atoms with Crippen molar-refractivity contribution in [1.29, 1.82) is 0 Å². The molecule has 3 aromatic rings. The molecule has 7 nitrogen and oxygen atoms in total. The van der Waals surface area contributed by atoms with Gasteiger partial charge in [-0.15, -0.1) is 0 Å². The van der Waals surface area contributed by atoms with E-state index in [4.69, 9.17) is 0 Å². The molecule has 1 saturated carbocycles. The number of hydrogen-bond donors (Lipinski definition) is 1. The van der Waals surface area contributed by atoms with Crippen molar-refractivity contribution in [2.45, 2.75) is 45.6 Å². The molecule has 3 heterocycles. The summed E-state index contributed by atoms with van der Waals surface area (Å²) in [6, 6.07) is 5.56. The van der Waals surface area contributed by atoms with E-state index in [-0.39, 0.29) is 17.4 Å². The van der Waals surface area contributed by atoms with Crippen LogP contribution >= 0.6 is 0 Å². The Kier molecular flexibility index (Phi) is 4.01. The van der Waals surface area contributed by atoms with Gasteiger partial charge in [0.1, 0.15) is 0 Å². The number of pyridine rings is 1. The maximum atomic E-state index is 13.4. The summed E-state index contributed by atoms with van der Waals surface area (Å²) in [7, 11) is 0. The molecule has 0 bridgehead atoms. The first kappa shape index (κ1) is 18.0. The third kappa shape index (κ3) is 3.10. The number of carbonyl (C=O) groups excluding carboxylic acids is 1. The standard InChI is InChI=1S/C22H24N6O/c1-22(2,3)20(16-6-4-5-7-24-16)26-21(29)18-15-11-13-10-14(13)19(15)28(27-18)17-12-23-8-9-25-17/h4-9,12-14,20H,10-11H2,1-3H3,(H,26,29)/t13-,14-,20?/m0/s1. The number of rotatable bonds is 4. The molecule has 0 aromatic carbocycles. The van der Waals surface area contributed by atoms with Crippen LogP contribution in [0.5, 0.6) is 0 Å². The number of carbonyl (C=O) groups is 1. The summed E-state index contributed by atoms with van der Waals surface area (Å²) < 4.78 is 1.82. The lowest BCUT2D eigenvalue weighted by Gasteiger charge is -2.30. The predicted octanol–water partition coefficient (Wildman–Crippen LogP) is 3.23. The van der Waals surface area contributed by atoms with Gasteiger partial charge in [0.2, 0.25) is 0 Å². The summed E-state index contributed by atoms with van der Waals surface area (Å²) in [6.45, 7) is 6.30. The first-order chi connectivity index (χ1) is 13.9. The van der Waals surface area contributed by atoms with E-state index in [1.807, 2.05) is 22.9 Å². The Morgan fingerprint density at radius 3 is 2.76 bits per heavy atom. The van der Waals surface area contributed by atoms with Gasteiger partial charge in [0.05, 0.1) is 23.6 Å². The second-order valence-corrected chi connectivity index (χ2v) is 9.02. The van der Waals surface area contributed by atoms with Crippen molar-refractivity contribution in [3.63, 3.8) is 0 Å². The molecule has 5 rings (SSSR count). The molecule has 2 aliphatic rings. The van der Waals surface area contributed by atoms with Gasteiger partial charge in [-0.25, -0.2) is 9.67 Å². The van der Waals surface area contributed by atoms with E-state index < -0.39 is 0 Å². The number of amides is 1. The lowest BCUT2D eigenvalue weighted by Crippen LogP contribution is -2.37. The molecule has 148 valence electrons. The Morgan fingerprint density at radius 1 is 1.21 bits per heavy atom. The van der Waals surface area contributed by atoms with Gasteiger partial charge in [0, 0.05) is 30.1 Å². The fraction of sp³-hybridized carbons (Fsp3) is 0.409. The van der Waals surface area contributed by atoms with Crippen molar-refractivity contribution in [1.82, 2.24) is 30.0 Å². The first-order valence-electron chi connectivity index (χ1n) is 10.0. The number of fused-ring (bicyclic) bond motifs is 3. The normalized spacial score (nSPS) is 20.7. The summed E-state index contributed by atoms with van der Waals surface area (Å²) in [5, 5.41) is 7.89. The van der Waals surface area contributed by atoms with Gasteiger partial charge in [-0.2, -0.15) is 5.10 Å². The van der Waals surface area contributed by atoms with Crippen molar-refractivity contribution < 1.29 is 4.79 Å². The maximum Gasteiger partial charge on any atom is 0.272 e. The summed E-state index contributed by atoms with van der Waals surface area (Å²) in [5.74, 6) is 1.62. The SMILES string of the molecule is CC(C)(C)C(NC(=O)c1nn(-c2cnccn2)c2c1C[C@@H]1C[C@H]21)c1ccccn1. The molecule has 3 atom stereocenters. The molecule has 0 aliphatic heterocycles. The zero-order valence-corrected chi connectivity index (χ0v) is 16.8. The Hall–Kier alpha value is -3.09. The van der Waals surface area contributed by atoms with Crippen LogP contribution in [0, 0.1) is 11.3 Å². The molecule has 2 aliphatic carbocycles. The van der Waals surface area contributed by atoms with Crippen LogP contribution in [0.1, 0.15) is 66.6 Å². The highest BCUT2D eigenvalue weighted by atomic mass is 16.2. The topological polar surface area (TPSA) is 85.6 Å². The molecular formula is C22H24N6O. The smallest absolute Gasteiger partial charge is 0.272 e. The summed E-state index contributed by atoms with van der Waals surface area (Å²) >= 11 is 0. The van der Waals surface area contributed by atoms with Crippen LogP contribution in [-0.2, 0) is 6.42 Å². The maximum absolute atomic E-state index is 13.4. The average Bonchev–Trinajstić information content (AvgIpc) is 3.21. The highest BCUT2D eigenvalue weighted by Crippen LogP contribution is 2.57. The van der Waals surface area contributed by atoms with Crippen molar-refractivity contribution in [3.8, 4) is 5.82 Å². The molecule has 1 unspecified atom stereocenters. The molecule has 7 heteroatoms. The fourth-order valence-corrected chi connectivity index (χ4v) is 4.35. The van der Waals surface area contributed by atoms with Gasteiger partial charge in [-0.05, 0) is 36.3 Å². The Bertz CT molecular complexity index is 1050. The van der Waals surface area contributed by atoms with E-state index in [9.17, 15) is 4.79 Å². The van der Waals surface area contributed by atoms with Crippen molar-refractivity contribution in [2.75, 3.05) is 0 Å². The molecule has 1 fully saturated rings. The monoisotopic (exact) mass is 388 g/mol. The third-order valence-electron chi connectivity index (χ3n) is 5.87. The molecule has 29 heavy (non-hydrogen) atoms. The second-order valence-electron chi connectivity index (χ2n) is 9.02. The number of nitrogens with zero attached hydrogens (tertiary/aromatic N) is 5. The number of aromatic nitrogens is 5. The van der Waals surface area contributed by atoms with E-state index in [0.717, 1.165) is 23.4 Å². The fourth-order valence-electron chi connectivity index (χ4n) is 4.35. The van der Waals surface area contributed by atoms with Crippen molar-refractivity contribution >= 4 is 5.91 Å². The van der Waals surface area contributed by atoms with Crippen LogP contribution in [0.25, 0.3) is 5.82 Å². The third-order valence-corrected chi connectivity index (χ3v) is 5.87. The summed E-state index contributed by atoms with van der Waals surface area (Å²) in [5.41, 5.74) is 3.35. The second kappa shape index (κ2) is 6.47. The molecule has 0 saturated heterocycles. The van der Waals surface area contributed by atoms with Gasteiger partial charge >= 0.3 is 0 Å². The van der Waals surface area contributed by atoms with Gasteiger partial charge in [0.15, 0.2) is 11.5 Å². The van der Waals surface area contributed by atoms with Crippen LogP contribution in [-0.4, -0.2) is 30.6 Å². The molecule has 3 aromatic heterocycles. The number of nitrogens with one attached hydrogen (secondary N) is 1. The predicted molar refractivity (Wildman–Crippen MR) is 108 cm³/mol.